The van der Waals surface area contributed by atoms with E-state index in [0.717, 1.165) is 69.4 Å². The van der Waals surface area contributed by atoms with E-state index in [1.165, 1.54) is 0 Å². The van der Waals surface area contributed by atoms with Crippen LogP contribution >= 0.6 is 0 Å². The van der Waals surface area contributed by atoms with Gasteiger partial charge in [-0.3, -0.25) is 14.5 Å². The number of aromatic hydroxyl groups is 1. The number of nitrogens with one attached hydrogen (secondary N) is 1. The predicted molar refractivity (Wildman–Crippen MR) is 127 cm³/mol. The molecule has 6 nitrogen and oxygen atoms in total. The van der Waals surface area contributed by atoms with Gasteiger partial charge in [-0.15, -0.1) is 0 Å². The molecule has 3 aliphatic rings. The number of phenols is 1. The van der Waals surface area contributed by atoms with Gasteiger partial charge in [-0.2, -0.15) is 0 Å². The Morgan fingerprint density at radius 3 is 2.42 bits per heavy atom. The third kappa shape index (κ3) is 4.49. The van der Waals surface area contributed by atoms with E-state index in [4.69, 9.17) is 0 Å². The van der Waals surface area contributed by atoms with Crippen LogP contribution in [0.25, 0.3) is 0 Å². The number of likely N-dealkylation sites (tertiary alicyclic amines) is 2. The molecule has 1 saturated carbocycles. The first-order chi connectivity index (χ1) is 15.9. The van der Waals surface area contributed by atoms with Gasteiger partial charge in [0.2, 0.25) is 0 Å². The Hall–Kier alpha value is -2.86. The summed E-state index contributed by atoms with van der Waals surface area (Å²) < 4.78 is 0. The van der Waals surface area contributed by atoms with Crippen molar-refractivity contribution in [2.75, 3.05) is 26.2 Å². The SMILES string of the molecule is Cc1ccc(C(=O)N2CC3(CCC(N4CCC(NC(=O)c5ccccc5)C4)CC3)C2)cc1O. The van der Waals surface area contributed by atoms with E-state index in [9.17, 15) is 14.7 Å². The van der Waals surface area contributed by atoms with Crippen molar-refractivity contribution in [2.24, 2.45) is 5.41 Å². The highest BCUT2D eigenvalue weighted by Gasteiger charge is 2.48. The van der Waals surface area contributed by atoms with Gasteiger partial charge in [0.15, 0.2) is 0 Å². The number of aryl methyl sites for hydroxylation is 1. The van der Waals surface area contributed by atoms with E-state index >= 15 is 0 Å². The van der Waals surface area contributed by atoms with E-state index in [1.807, 2.05) is 42.2 Å². The first-order valence-corrected chi connectivity index (χ1v) is 12.1. The maximum Gasteiger partial charge on any atom is 0.254 e. The number of amides is 2. The standard InChI is InChI=1S/C27H33N3O3/c1-19-7-8-21(15-24(19)31)26(33)30-17-27(18-30)12-9-23(10-13-27)29-14-11-22(16-29)28-25(32)20-5-3-2-4-6-20/h2-8,15,22-23,31H,9-14,16-18H2,1H3,(H,28,32). The van der Waals surface area contributed by atoms with Crippen LogP contribution < -0.4 is 5.32 Å². The van der Waals surface area contributed by atoms with Crippen LogP contribution in [0.2, 0.25) is 0 Å². The summed E-state index contributed by atoms with van der Waals surface area (Å²) in [6, 6.07) is 15.4. The molecule has 6 heteroatoms. The number of carbonyl (C=O) groups is 2. The molecule has 0 radical (unpaired) electrons. The van der Waals surface area contributed by atoms with Crippen LogP contribution in [0.4, 0.5) is 0 Å². The van der Waals surface area contributed by atoms with Crippen molar-refractivity contribution in [1.82, 2.24) is 15.1 Å². The fourth-order valence-corrected chi connectivity index (χ4v) is 5.82. The van der Waals surface area contributed by atoms with Crippen molar-refractivity contribution in [2.45, 2.75) is 51.1 Å². The fourth-order valence-electron chi connectivity index (χ4n) is 5.82. The molecule has 2 aromatic carbocycles. The molecular formula is C27H33N3O3. The maximum atomic E-state index is 12.8. The van der Waals surface area contributed by atoms with Crippen molar-refractivity contribution in [3.63, 3.8) is 0 Å². The van der Waals surface area contributed by atoms with Crippen LogP contribution in [0.1, 0.15) is 58.4 Å². The van der Waals surface area contributed by atoms with Gasteiger partial charge in [0.05, 0.1) is 0 Å². The lowest BCUT2D eigenvalue weighted by molar-refractivity contribution is -0.0296. The maximum absolute atomic E-state index is 12.8. The number of carbonyl (C=O) groups excluding carboxylic acids is 2. The fraction of sp³-hybridized carbons (Fsp3) is 0.481. The predicted octanol–water partition coefficient (Wildman–Crippen LogP) is 3.59. The topological polar surface area (TPSA) is 72.9 Å². The molecular weight excluding hydrogens is 414 g/mol. The van der Waals surface area contributed by atoms with E-state index < -0.39 is 0 Å². The number of nitrogens with zero attached hydrogens (tertiary/aromatic N) is 2. The van der Waals surface area contributed by atoms with Crippen molar-refractivity contribution >= 4 is 11.8 Å². The zero-order chi connectivity index (χ0) is 23.0. The van der Waals surface area contributed by atoms with Crippen molar-refractivity contribution in [3.8, 4) is 5.75 Å². The first kappa shape index (κ1) is 22.0. The Kier molecular flexibility index (Phi) is 5.87. The Balaban J connectivity index is 1.08. The van der Waals surface area contributed by atoms with E-state index in [-0.39, 0.29) is 29.0 Å². The summed E-state index contributed by atoms with van der Waals surface area (Å²) in [5.74, 6) is 0.223. The highest BCUT2D eigenvalue weighted by molar-refractivity contribution is 5.95. The van der Waals surface area contributed by atoms with Crippen LogP contribution in [0, 0.1) is 12.3 Å². The minimum atomic E-state index is 0.0196. The summed E-state index contributed by atoms with van der Waals surface area (Å²) in [5, 5.41) is 13.1. The summed E-state index contributed by atoms with van der Waals surface area (Å²) in [7, 11) is 0. The third-order valence-corrected chi connectivity index (χ3v) is 7.92. The summed E-state index contributed by atoms with van der Waals surface area (Å²) in [6.45, 7) is 5.45. The lowest BCUT2D eigenvalue weighted by atomic mass is 9.67. The summed E-state index contributed by atoms with van der Waals surface area (Å²) >= 11 is 0. The molecule has 2 aliphatic heterocycles. The van der Waals surface area contributed by atoms with Gasteiger partial charge in [0, 0.05) is 54.8 Å². The Morgan fingerprint density at radius 1 is 1.00 bits per heavy atom. The normalized spacial score (nSPS) is 22.8. The van der Waals surface area contributed by atoms with Gasteiger partial charge in [0.25, 0.3) is 11.8 Å². The van der Waals surface area contributed by atoms with E-state index in [0.29, 0.717) is 11.6 Å². The van der Waals surface area contributed by atoms with Crippen LogP contribution in [0.3, 0.4) is 0 Å². The molecule has 0 bridgehead atoms. The number of rotatable bonds is 4. The van der Waals surface area contributed by atoms with Crippen LogP contribution in [0.5, 0.6) is 5.75 Å². The third-order valence-electron chi connectivity index (χ3n) is 7.92. The molecule has 2 saturated heterocycles. The van der Waals surface area contributed by atoms with Gasteiger partial charge >= 0.3 is 0 Å². The molecule has 33 heavy (non-hydrogen) atoms. The average Bonchev–Trinajstić information content (AvgIpc) is 3.28. The van der Waals surface area contributed by atoms with Gasteiger partial charge < -0.3 is 15.3 Å². The largest absolute Gasteiger partial charge is 0.508 e. The zero-order valence-electron chi connectivity index (χ0n) is 19.3. The molecule has 1 atom stereocenters. The molecule has 1 spiro atoms. The number of phenolic OH excluding ortho intramolecular Hbond substituents is 1. The van der Waals surface area contributed by atoms with Crippen LogP contribution in [0.15, 0.2) is 48.5 Å². The molecule has 2 N–H and O–H groups in total. The molecule has 1 unspecified atom stereocenters. The molecule has 2 aromatic rings. The van der Waals surface area contributed by atoms with Gasteiger partial charge in [0.1, 0.15) is 5.75 Å². The zero-order valence-corrected chi connectivity index (χ0v) is 19.3. The number of benzene rings is 2. The molecule has 0 aromatic heterocycles. The molecule has 2 amide bonds. The van der Waals surface area contributed by atoms with Gasteiger partial charge in [-0.25, -0.2) is 0 Å². The minimum Gasteiger partial charge on any atom is -0.508 e. The highest BCUT2D eigenvalue weighted by Crippen LogP contribution is 2.45. The molecule has 2 heterocycles. The monoisotopic (exact) mass is 447 g/mol. The minimum absolute atomic E-state index is 0.0196. The van der Waals surface area contributed by atoms with Crippen molar-refractivity contribution in [3.05, 3.63) is 65.2 Å². The number of hydrogen-bond donors (Lipinski definition) is 2. The summed E-state index contributed by atoms with van der Waals surface area (Å²) in [4.78, 5) is 29.7. The first-order valence-electron chi connectivity index (χ1n) is 12.1. The quantitative estimate of drug-likeness (QED) is 0.751. The molecule has 1 aliphatic carbocycles. The summed E-state index contributed by atoms with van der Waals surface area (Å²) in [6.07, 6.45) is 5.63. The summed E-state index contributed by atoms with van der Waals surface area (Å²) in [5.41, 5.74) is 2.34. The lowest BCUT2D eigenvalue weighted by Gasteiger charge is -2.54. The second-order valence-electron chi connectivity index (χ2n) is 10.2. The molecule has 3 fully saturated rings. The van der Waals surface area contributed by atoms with Crippen LogP contribution in [-0.4, -0.2) is 65.0 Å². The Bertz CT molecular complexity index is 1020. The number of hydrogen-bond acceptors (Lipinski definition) is 4. The van der Waals surface area contributed by atoms with E-state index in [1.54, 1.807) is 18.2 Å². The van der Waals surface area contributed by atoms with Gasteiger partial charge in [-0.05, 0) is 68.9 Å². The smallest absolute Gasteiger partial charge is 0.254 e. The lowest BCUT2D eigenvalue weighted by Crippen LogP contribution is -2.60. The Labute approximate surface area is 195 Å². The van der Waals surface area contributed by atoms with Crippen LogP contribution in [-0.2, 0) is 0 Å². The average molecular weight is 448 g/mol. The molecule has 174 valence electrons. The second-order valence-corrected chi connectivity index (χ2v) is 10.2. The van der Waals surface area contributed by atoms with Crippen molar-refractivity contribution < 1.29 is 14.7 Å². The molecule has 5 rings (SSSR count). The highest BCUT2D eigenvalue weighted by atomic mass is 16.3. The Morgan fingerprint density at radius 2 is 1.73 bits per heavy atom. The van der Waals surface area contributed by atoms with Crippen molar-refractivity contribution in [1.29, 1.82) is 0 Å². The van der Waals surface area contributed by atoms with Gasteiger partial charge in [-0.1, -0.05) is 24.3 Å². The second kappa shape index (κ2) is 8.82. The van der Waals surface area contributed by atoms with E-state index in [2.05, 4.69) is 10.2 Å².